The van der Waals surface area contributed by atoms with Crippen LogP contribution in [0.25, 0.3) is 11.3 Å². The minimum atomic E-state index is -0.569. The number of amides is 2. The van der Waals surface area contributed by atoms with Crippen molar-refractivity contribution in [2.45, 2.75) is 6.92 Å². The van der Waals surface area contributed by atoms with Gasteiger partial charge in [0.05, 0.1) is 30.8 Å². The lowest BCUT2D eigenvalue weighted by molar-refractivity contribution is 0.122. The largest absolute Gasteiger partial charge is 0.378 e. The Hall–Kier alpha value is -2.60. The quantitative estimate of drug-likeness (QED) is 0.912. The van der Waals surface area contributed by atoms with E-state index in [0.29, 0.717) is 5.69 Å². The van der Waals surface area contributed by atoms with E-state index in [9.17, 15) is 4.79 Å². The molecule has 0 saturated carbocycles. The van der Waals surface area contributed by atoms with Gasteiger partial charge in [-0.05, 0) is 30.7 Å². The molecule has 1 aliphatic rings. The number of hydrogen-bond donors (Lipinski definition) is 2. The molecule has 1 aromatic heterocycles. The third-order valence-electron chi connectivity index (χ3n) is 3.92. The van der Waals surface area contributed by atoms with Gasteiger partial charge in [-0.1, -0.05) is 12.1 Å². The van der Waals surface area contributed by atoms with Crippen molar-refractivity contribution in [2.75, 3.05) is 36.5 Å². The van der Waals surface area contributed by atoms with Crippen molar-refractivity contribution in [1.82, 2.24) is 4.98 Å². The van der Waals surface area contributed by atoms with Gasteiger partial charge in [0.2, 0.25) is 0 Å². The average Bonchev–Trinajstić information content (AvgIpc) is 2.57. The molecular formula is C17H20N4O2. The maximum atomic E-state index is 11.1. The topological polar surface area (TPSA) is 80.5 Å². The molecule has 0 radical (unpaired) electrons. The van der Waals surface area contributed by atoms with Gasteiger partial charge in [-0.2, -0.15) is 0 Å². The number of benzene rings is 1. The molecule has 3 rings (SSSR count). The number of morpholine rings is 1. The van der Waals surface area contributed by atoms with Crippen molar-refractivity contribution in [1.29, 1.82) is 0 Å². The molecular weight excluding hydrogens is 292 g/mol. The summed E-state index contributed by atoms with van der Waals surface area (Å²) in [5.74, 6) is 0. The maximum absolute atomic E-state index is 11.1. The fraction of sp³-hybridized carbons (Fsp3) is 0.294. The van der Waals surface area contributed by atoms with Gasteiger partial charge in [0.25, 0.3) is 0 Å². The smallest absolute Gasteiger partial charge is 0.316 e. The molecule has 1 fully saturated rings. The Morgan fingerprint density at radius 2 is 2.04 bits per heavy atom. The van der Waals surface area contributed by atoms with Crippen LogP contribution < -0.4 is 16.0 Å². The highest BCUT2D eigenvalue weighted by Crippen LogP contribution is 2.25. The zero-order valence-corrected chi connectivity index (χ0v) is 13.1. The van der Waals surface area contributed by atoms with Crippen molar-refractivity contribution in [3.63, 3.8) is 0 Å². The van der Waals surface area contributed by atoms with E-state index in [-0.39, 0.29) is 0 Å². The van der Waals surface area contributed by atoms with Crippen molar-refractivity contribution in [2.24, 2.45) is 5.73 Å². The summed E-state index contributed by atoms with van der Waals surface area (Å²) < 4.78 is 5.36. The molecule has 1 aliphatic heterocycles. The average molecular weight is 312 g/mol. The molecule has 0 spiro atoms. The number of aromatic nitrogens is 1. The summed E-state index contributed by atoms with van der Waals surface area (Å²) in [7, 11) is 0. The molecule has 0 atom stereocenters. The fourth-order valence-electron chi connectivity index (χ4n) is 2.61. The number of nitrogens with one attached hydrogen (secondary N) is 1. The Kier molecular flexibility index (Phi) is 4.43. The number of primary amides is 1. The lowest BCUT2D eigenvalue weighted by atomic mass is 10.1. The Bertz CT molecular complexity index is 694. The molecule has 0 bridgehead atoms. The normalized spacial score (nSPS) is 14.6. The summed E-state index contributed by atoms with van der Waals surface area (Å²) >= 11 is 0. The summed E-state index contributed by atoms with van der Waals surface area (Å²) in [6, 6.07) is 9.30. The second-order valence-electron chi connectivity index (χ2n) is 5.52. The predicted molar refractivity (Wildman–Crippen MR) is 90.6 cm³/mol. The summed E-state index contributed by atoms with van der Waals surface area (Å²) in [4.78, 5) is 17.9. The van der Waals surface area contributed by atoms with Crippen LogP contribution >= 0.6 is 0 Å². The predicted octanol–water partition coefficient (Wildman–Crippen LogP) is 2.38. The van der Waals surface area contributed by atoms with Gasteiger partial charge in [0, 0.05) is 24.3 Å². The van der Waals surface area contributed by atoms with Gasteiger partial charge in [-0.25, -0.2) is 4.79 Å². The van der Waals surface area contributed by atoms with Crippen molar-refractivity contribution in [3.05, 3.63) is 42.1 Å². The number of ether oxygens (including phenoxy) is 1. The van der Waals surface area contributed by atoms with Crippen molar-refractivity contribution < 1.29 is 9.53 Å². The van der Waals surface area contributed by atoms with Gasteiger partial charge in [0.15, 0.2) is 0 Å². The number of carbonyl (C=O) groups is 1. The Morgan fingerprint density at radius 1 is 1.26 bits per heavy atom. The molecule has 3 N–H and O–H groups in total. The van der Waals surface area contributed by atoms with Crippen LogP contribution in [0.2, 0.25) is 0 Å². The van der Waals surface area contributed by atoms with Crippen molar-refractivity contribution >= 4 is 17.4 Å². The van der Waals surface area contributed by atoms with E-state index in [1.807, 2.05) is 37.4 Å². The molecule has 1 aromatic carbocycles. The van der Waals surface area contributed by atoms with E-state index in [4.69, 9.17) is 10.5 Å². The molecule has 6 heteroatoms. The molecule has 0 aliphatic carbocycles. The number of carbonyl (C=O) groups excluding carboxylic acids is 1. The summed E-state index contributed by atoms with van der Waals surface area (Å²) in [5, 5.41) is 2.64. The van der Waals surface area contributed by atoms with E-state index in [0.717, 1.165) is 48.8 Å². The maximum Gasteiger partial charge on any atom is 0.316 e. The van der Waals surface area contributed by atoms with Gasteiger partial charge in [-0.3, -0.25) is 4.98 Å². The third-order valence-corrected chi connectivity index (χ3v) is 3.92. The second-order valence-corrected chi connectivity index (χ2v) is 5.52. The van der Waals surface area contributed by atoms with Gasteiger partial charge in [-0.15, -0.1) is 0 Å². The standard InChI is InChI=1S/C17H20N4O2/c1-12-2-3-13(10-16(12)20-17(18)22)15-5-4-14(11-19-15)21-6-8-23-9-7-21/h2-5,10-11H,6-9H2,1H3,(H3,18,20,22). The fourth-order valence-corrected chi connectivity index (χ4v) is 2.61. The van der Waals surface area contributed by atoms with Crippen LogP contribution in [0.4, 0.5) is 16.2 Å². The highest BCUT2D eigenvalue weighted by molar-refractivity contribution is 5.89. The van der Waals surface area contributed by atoms with Crippen LogP contribution in [0.3, 0.4) is 0 Å². The van der Waals surface area contributed by atoms with Crippen LogP contribution in [0.15, 0.2) is 36.5 Å². The summed E-state index contributed by atoms with van der Waals surface area (Å²) in [5.41, 5.74) is 9.75. The number of pyridine rings is 1. The highest BCUT2D eigenvalue weighted by atomic mass is 16.5. The zero-order valence-electron chi connectivity index (χ0n) is 13.1. The number of anilines is 2. The molecule has 0 unspecified atom stereocenters. The van der Waals surface area contributed by atoms with Gasteiger partial charge in [0.1, 0.15) is 0 Å². The lowest BCUT2D eigenvalue weighted by Crippen LogP contribution is -2.36. The first-order valence-corrected chi connectivity index (χ1v) is 7.60. The number of nitrogens with zero attached hydrogens (tertiary/aromatic N) is 2. The number of rotatable bonds is 3. The monoisotopic (exact) mass is 312 g/mol. The van der Waals surface area contributed by atoms with Gasteiger partial charge >= 0.3 is 6.03 Å². The first-order valence-electron chi connectivity index (χ1n) is 7.60. The Morgan fingerprint density at radius 3 is 2.70 bits per heavy atom. The van der Waals surface area contributed by atoms with Crippen LogP contribution in [-0.4, -0.2) is 37.3 Å². The molecule has 2 heterocycles. The van der Waals surface area contributed by atoms with E-state index in [1.165, 1.54) is 0 Å². The van der Waals surface area contributed by atoms with Crippen LogP contribution in [0.1, 0.15) is 5.56 Å². The van der Waals surface area contributed by atoms with Crippen LogP contribution in [0, 0.1) is 6.92 Å². The number of hydrogen-bond acceptors (Lipinski definition) is 4. The first-order chi connectivity index (χ1) is 11.1. The number of nitrogens with two attached hydrogens (primary N) is 1. The van der Waals surface area contributed by atoms with Gasteiger partial charge < -0.3 is 20.7 Å². The van der Waals surface area contributed by atoms with Crippen LogP contribution in [-0.2, 0) is 4.74 Å². The van der Waals surface area contributed by atoms with Crippen LogP contribution in [0.5, 0.6) is 0 Å². The van der Waals surface area contributed by atoms with E-state index in [2.05, 4.69) is 21.3 Å². The first kappa shape index (κ1) is 15.3. The molecule has 120 valence electrons. The minimum Gasteiger partial charge on any atom is -0.378 e. The van der Waals surface area contributed by atoms with E-state index < -0.39 is 6.03 Å². The Balaban J connectivity index is 1.82. The molecule has 2 amide bonds. The molecule has 1 saturated heterocycles. The zero-order chi connectivity index (χ0) is 16.2. The molecule has 6 nitrogen and oxygen atoms in total. The lowest BCUT2D eigenvalue weighted by Gasteiger charge is -2.28. The second kappa shape index (κ2) is 6.66. The summed E-state index contributed by atoms with van der Waals surface area (Å²) in [6.07, 6.45) is 1.88. The van der Waals surface area contributed by atoms with Crippen molar-refractivity contribution in [3.8, 4) is 11.3 Å². The van der Waals surface area contributed by atoms with E-state index in [1.54, 1.807) is 0 Å². The third kappa shape index (κ3) is 3.60. The minimum absolute atomic E-state index is 0.569. The molecule has 23 heavy (non-hydrogen) atoms. The number of urea groups is 1. The SMILES string of the molecule is Cc1ccc(-c2ccc(N3CCOCC3)cn2)cc1NC(N)=O. The summed E-state index contributed by atoms with van der Waals surface area (Å²) in [6.45, 7) is 5.20. The Labute approximate surface area is 135 Å². The highest BCUT2D eigenvalue weighted by Gasteiger charge is 2.12. The number of aryl methyl sites for hydroxylation is 1. The van der Waals surface area contributed by atoms with E-state index >= 15 is 0 Å². The molecule has 2 aromatic rings.